The highest BCUT2D eigenvalue weighted by molar-refractivity contribution is 5.87. The van der Waals surface area contributed by atoms with Gasteiger partial charge < -0.3 is 14.6 Å². The molecule has 1 heterocycles. The van der Waals surface area contributed by atoms with Crippen molar-refractivity contribution in [3.8, 4) is 5.75 Å². The molecule has 18 heavy (non-hydrogen) atoms. The number of nitrogens with zero attached hydrogens (tertiary/aromatic N) is 1. The zero-order valence-corrected chi connectivity index (χ0v) is 11.7. The third-order valence-electron chi connectivity index (χ3n) is 3.46. The molecule has 0 amide bonds. The molecule has 0 saturated heterocycles. The van der Waals surface area contributed by atoms with Crippen molar-refractivity contribution in [3.63, 3.8) is 0 Å². The summed E-state index contributed by atoms with van der Waals surface area (Å²) in [5.41, 5.74) is 4.04. The number of nitrogens with one attached hydrogen (secondary N) is 1. The van der Waals surface area contributed by atoms with E-state index in [2.05, 4.69) is 35.9 Å². The van der Waals surface area contributed by atoms with E-state index in [1.165, 1.54) is 22.2 Å². The fourth-order valence-electron chi connectivity index (χ4n) is 2.57. The molecule has 0 saturated carbocycles. The number of hydrogen-bond acceptors (Lipinski definition) is 2. The summed E-state index contributed by atoms with van der Waals surface area (Å²) in [5, 5.41) is 4.56. The lowest BCUT2D eigenvalue weighted by molar-refractivity contribution is 0.415. The van der Waals surface area contributed by atoms with Crippen LogP contribution in [0.1, 0.15) is 24.6 Å². The molecule has 0 radical (unpaired) electrons. The predicted molar refractivity (Wildman–Crippen MR) is 76.3 cm³/mol. The first-order valence-electron chi connectivity index (χ1n) is 6.53. The molecule has 3 nitrogen and oxygen atoms in total. The van der Waals surface area contributed by atoms with Gasteiger partial charge in [-0.05, 0) is 44.2 Å². The van der Waals surface area contributed by atoms with Gasteiger partial charge in [0.15, 0.2) is 0 Å². The average Bonchev–Trinajstić information content (AvgIpc) is 2.64. The van der Waals surface area contributed by atoms with Gasteiger partial charge in [-0.15, -0.1) is 0 Å². The van der Waals surface area contributed by atoms with Crippen molar-refractivity contribution in [3.05, 3.63) is 29.5 Å². The van der Waals surface area contributed by atoms with Gasteiger partial charge >= 0.3 is 0 Å². The van der Waals surface area contributed by atoms with Crippen molar-refractivity contribution in [2.45, 2.75) is 33.4 Å². The summed E-state index contributed by atoms with van der Waals surface area (Å²) in [7, 11) is 3.71. The maximum absolute atomic E-state index is 5.33. The van der Waals surface area contributed by atoms with Gasteiger partial charge in [0.05, 0.1) is 7.11 Å². The van der Waals surface area contributed by atoms with E-state index in [1.54, 1.807) is 7.11 Å². The lowest BCUT2D eigenvalue weighted by Crippen LogP contribution is -2.07. The highest BCUT2D eigenvalue weighted by Gasteiger charge is 2.13. The summed E-state index contributed by atoms with van der Waals surface area (Å²) in [6, 6.07) is 6.34. The fraction of sp³-hybridized carbons (Fsp3) is 0.467. The molecule has 1 aromatic heterocycles. The Morgan fingerprint density at radius 2 is 2.11 bits per heavy atom. The van der Waals surface area contributed by atoms with Crippen LogP contribution in [0.15, 0.2) is 18.2 Å². The minimum absolute atomic E-state index is 0.895. The first kappa shape index (κ1) is 13.0. The highest BCUT2D eigenvalue weighted by atomic mass is 16.5. The first-order valence-corrected chi connectivity index (χ1v) is 6.53. The molecule has 0 unspecified atom stereocenters. The van der Waals surface area contributed by atoms with Crippen molar-refractivity contribution in [1.82, 2.24) is 9.88 Å². The number of aryl methyl sites for hydroxylation is 1. The quantitative estimate of drug-likeness (QED) is 0.877. The number of fused-ring (bicyclic) bond motifs is 1. The lowest BCUT2D eigenvalue weighted by Gasteiger charge is -2.06. The van der Waals surface area contributed by atoms with Crippen molar-refractivity contribution >= 4 is 10.9 Å². The van der Waals surface area contributed by atoms with Crippen LogP contribution in [-0.4, -0.2) is 18.7 Å². The SMILES string of the molecule is CCCn1c(C)c(CNC)c2cc(OC)ccc21. The van der Waals surface area contributed by atoms with Crippen molar-refractivity contribution < 1.29 is 4.74 Å². The Hall–Kier alpha value is -1.48. The highest BCUT2D eigenvalue weighted by Crippen LogP contribution is 2.29. The molecule has 0 atom stereocenters. The Kier molecular flexibility index (Phi) is 3.92. The number of hydrogen-bond donors (Lipinski definition) is 1. The van der Waals surface area contributed by atoms with Crippen LogP contribution in [-0.2, 0) is 13.1 Å². The van der Waals surface area contributed by atoms with E-state index in [9.17, 15) is 0 Å². The van der Waals surface area contributed by atoms with E-state index in [4.69, 9.17) is 4.74 Å². The molecule has 0 spiro atoms. The Labute approximate surface area is 109 Å². The van der Waals surface area contributed by atoms with Gasteiger partial charge in [0.25, 0.3) is 0 Å². The standard InChI is InChI=1S/C15H22N2O/c1-5-8-17-11(2)14(10-16-3)13-9-12(18-4)6-7-15(13)17/h6-7,9,16H,5,8,10H2,1-4H3. The topological polar surface area (TPSA) is 26.2 Å². The van der Waals surface area contributed by atoms with Crippen LogP contribution in [0.2, 0.25) is 0 Å². The zero-order valence-electron chi connectivity index (χ0n) is 11.7. The van der Waals surface area contributed by atoms with Crippen LogP contribution in [0.4, 0.5) is 0 Å². The summed E-state index contributed by atoms with van der Waals surface area (Å²) in [5.74, 6) is 0.925. The third-order valence-corrected chi connectivity index (χ3v) is 3.46. The molecule has 0 aliphatic carbocycles. The number of methoxy groups -OCH3 is 1. The van der Waals surface area contributed by atoms with E-state index in [1.807, 2.05) is 13.1 Å². The smallest absolute Gasteiger partial charge is 0.119 e. The number of rotatable bonds is 5. The van der Waals surface area contributed by atoms with Crippen LogP contribution < -0.4 is 10.1 Å². The lowest BCUT2D eigenvalue weighted by atomic mass is 10.1. The molecule has 3 heteroatoms. The van der Waals surface area contributed by atoms with Gasteiger partial charge in [0.2, 0.25) is 0 Å². The van der Waals surface area contributed by atoms with E-state index in [0.717, 1.165) is 25.3 Å². The van der Waals surface area contributed by atoms with Crippen LogP contribution in [0.25, 0.3) is 10.9 Å². The second-order valence-electron chi connectivity index (χ2n) is 4.63. The van der Waals surface area contributed by atoms with Crippen LogP contribution in [0.5, 0.6) is 5.75 Å². The second kappa shape index (κ2) is 5.44. The molecule has 98 valence electrons. The molecule has 1 aromatic carbocycles. The molecule has 2 rings (SSSR count). The molecular formula is C15H22N2O. The Morgan fingerprint density at radius 3 is 2.72 bits per heavy atom. The maximum Gasteiger partial charge on any atom is 0.119 e. The molecule has 2 aromatic rings. The molecular weight excluding hydrogens is 224 g/mol. The van der Waals surface area contributed by atoms with Gasteiger partial charge in [-0.25, -0.2) is 0 Å². The van der Waals surface area contributed by atoms with E-state index >= 15 is 0 Å². The van der Waals surface area contributed by atoms with Gasteiger partial charge in [-0.2, -0.15) is 0 Å². The van der Waals surface area contributed by atoms with E-state index in [0.29, 0.717) is 0 Å². The van der Waals surface area contributed by atoms with E-state index < -0.39 is 0 Å². The molecule has 1 N–H and O–H groups in total. The monoisotopic (exact) mass is 246 g/mol. The number of ether oxygens (including phenoxy) is 1. The Bertz CT molecular complexity index is 543. The van der Waals surface area contributed by atoms with Crippen LogP contribution >= 0.6 is 0 Å². The van der Waals surface area contributed by atoms with Crippen LogP contribution in [0, 0.1) is 6.92 Å². The van der Waals surface area contributed by atoms with Crippen molar-refractivity contribution in [2.75, 3.05) is 14.2 Å². The first-order chi connectivity index (χ1) is 8.72. The number of benzene rings is 1. The number of aromatic nitrogens is 1. The molecule has 0 aliphatic heterocycles. The summed E-state index contributed by atoms with van der Waals surface area (Å²) in [4.78, 5) is 0. The second-order valence-corrected chi connectivity index (χ2v) is 4.63. The average molecular weight is 246 g/mol. The van der Waals surface area contributed by atoms with Crippen LogP contribution in [0.3, 0.4) is 0 Å². The molecule has 0 bridgehead atoms. The fourth-order valence-corrected chi connectivity index (χ4v) is 2.57. The van der Waals surface area contributed by atoms with Gasteiger partial charge in [0, 0.05) is 29.7 Å². The van der Waals surface area contributed by atoms with E-state index in [-0.39, 0.29) is 0 Å². The van der Waals surface area contributed by atoms with Crippen molar-refractivity contribution in [1.29, 1.82) is 0 Å². The summed E-state index contributed by atoms with van der Waals surface area (Å²) in [6.07, 6.45) is 1.15. The van der Waals surface area contributed by atoms with Gasteiger partial charge in [-0.1, -0.05) is 6.92 Å². The normalized spacial score (nSPS) is 11.1. The summed E-state index contributed by atoms with van der Waals surface area (Å²) >= 11 is 0. The predicted octanol–water partition coefficient (Wildman–Crippen LogP) is 3.09. The van der Waals surface area contributed by atoms with Gasteiger partial charge in [0.1, 0.15) is 5.75 Å². The summed E-state index contributed by atoms with van der Waals surface area (Å²) in [6.45, 7) is 6.38. The molecule has 0 aliphatic rings. The minimum Gasteiger partial charge on any atom is -0.497 e. The Morgan fingerprint density at radius 1 is 1.33 bits per heavy atom. The Balaban J connectivity index is 2.66. The minimum atomic E-state index is 0.895. The summed E-state index contributed by atoms with van der Waals surface area (Å²) < 4.78 is 7.74. The zero-order chi connectivity index (χ0) is 13.1. The third kappa shape index (κ3) is 2.10. The maximum atomic E-state index is 5.33. The van der Waals surface area contributed by atoms with Crippen molar-refractivity contribution in [2.24, 2.45) is 0 Å². The largest absolute Gasteiger partial charge is 0.497 e. The van der Waals surface area contributed by atoms with Gasteiger partial charge in [-0.3, -0.25) is 0 Å². The molecule has 0 fully saturated rings.